The van der Waals surface area contributed by atoms with Gasteiger partial charge in [-0.3, -0.25) is 4.79 Å². The van der Waals surface area contributed by atoms with Gasteiger partial charge < -0.3 is 20.1 Å². The molecule has 25 heavy (non-hydrogen) atoms. The fraction of sp³-hybridized carbons (Fsp3) is 0.556. The molecule has 1 fully saturated rings. The van der Waals surface area contributed by atoms with Crippen LogP contribution in [-0.2, 0) is 4.79 Å². The number of nitrogens with zero attached hydrogens (tertiary/aromatic N) is 1. The van der Waals surface area contributed by atoms with Gasteiger partial charge >= 0.3 is 12.0 Å². The van der Waals surface area contributed by atoms with Crippen LogP contribution in [0.15, 0.2) is 18.2 Å². The highest BCUT2D eigenvalue weighted by Gasteiger charge is 2.33. The van der Waals surface area contributed by atoms with Crippen LogP contribution in [0.25, 0.3) is 0 Å². The van der Waals surface area contributed by atoms with E-state index in [4.69, 9.17) is 4.74 Å². The lowest BCUT2D eigenvalue weighted by molar-refractivity contribution is -0.143. The van der Waals surface area contributed by atoms with Gasteiger partial charge in [0.25, 0.3) is 0 Å². The summed E-state index contributed by atoms with van der Waals surface area (Å²) >= 11 is 0. The van der Waals surface area contributed by atoms with Crippen LogP contribution in [0.1, 0.15) is 37.8 Å². The van der Waals surface area contributed by atoms with Crippen LogP contribution in [0.2, 0.25) is 0 Å². The first-order valence-corrected chi connectivity index (χ1v) is 8.65. The Labute approximate surface area is 146 Å². The lowest BCUT2D eigenvalue weighted by atomic mass is 9.90. The quantitative estimate of drug-likeness (QED) is 0.860. The van der Waals surface area contributed by atoms with Crippen LogP contribution in [-0.4, -0.2) is 41.7 Å². The summed E-state index contributed by atoms with van der Waals surface area (Å²) in [6.45, 7) is 3.07. The Hall–Kier alpha value is -2.31. The van der Waals surface area contributed by atoms with E-state index in [9.17, 15) is 19.1 Å². The number of aliphatic carboxylic acids is 1. The van der Waals surface area contributed by atoms with Crippen LogP contribution in [0.3, 0.4) is 0 Å². The fourth-order valence-corrected chi connectivity index (χ4v) is 3.66. The average Bonchev–Trinajstić information content (AvgIpc) is 2.78. The zero-order chi connectivity index (χ0) is 18.0. The monoisotopic (exact) mass is 350 g/mol. The smallest absolute Gasteiger partial charge is 0.317 e. The minimum Gasteiger partial charge on any atom is -0.490 e. The molecule has 136 valence electrons. The second kappa shape index (κ2) is 7.29. The first-order chi connectivity index (χ1) is 12.0. The highest BCUT2D eigenvalue weighted by Crippen LogP contribution is 2.34. The largest absolute Gasteiger partial charge is 0.490 e. The van der Waals surface area contributed by atoms with E-state index in [0.717, 1.165) is 0 Å². The van der Waals surface area contributed by atoms with Gasteiger partial charge in [0.15, 0.2) is 11.6 Å². The van der Waals surface area contributed by atoms with Gasteiger partial charge in [0.2, 0.25) is 0 Å². The summed E-state index contributed by atoms with van der Waals surface area (Å²) in [4.78, 5) is 25.5. The summed E-state index contributed by atoms with van der Waals surface area (Å²) < 4.78 is 19.5. The van der Waals surface area contributed by atoms with E-state index in [1.165, 1.54) is 6.07 Å². The average molecular weight is 350 g/mol. The number of rotatable bonds is 2. The third-order valence-electron chi connectivity index (χ3n) is 4.85. The molecule has 1 aromatic carbocycles. The van der Waals surface area contributed by atoms with Gasteiger partial charge in [0.1, 0.15) is 0 Å². The molecule has 2 amide bonds. The molecular weight excluding hydrogens is 327 g/mol. The molecule has 2 aliphatic heterocycles. The number of carboxylic acids is 1. The van der Waals surface area contributed by atoms with E-state index in [1.54, 1.807) is 17.0 Å². The Morgan fingerprint density at radius 2 is 2.16 bits per heavy atom. The molecule has 0 aromatic heterocycles. The predicted octanol–water partition coefficient (Wildman–Crippen LogP) is 2.79. The number of ether oxygens (including phenoxy) is 1. The molecule has 3 rings (SSSR count). The Bertz CT molecular complexity index is 666. The first-order valence-electron chi connectivity index (χ1n) is 8.65. The van der Waals surface area contributed by atoms with Crippen molar-refractivity contribution in [1.29, 1.82) is 0 Å². The van der Waals surface area contributed by atoms with Crippen molar-refractivity contribution in [3.63, 3.8) is 0 Å². The second-order valence-electron chi connectivity index (χ2n) is 6.93. The number of hydrogen-bond donors (Lipinski definition) is 2. The number of carbonyl (C=O) groups is 2. The topological polar surface area (TPSA) is 78.9 Å². The van der Waals surface area contributed by atoms with E-state index in [2.05, 4.69) is 5.32 Å². The standard InChI is InChI=1S/C18H23FN2O4/c1-11-8-12(17(22)23)10-21(9-11)18(24)20-15-6-3-7-25-16-13(15)4-2-5-14(16)19/h2,4-5,11-12,15H,3,6-10H2,1H3,(H,20,24)(H,22,23). The molecule has 7 heteroatoms. The number of halogens is 1. The van der Waals surface area contributed by atoms with Gasteiger partial charge in [0, 0.05) is 18.7 Å². The van der Waals surface area contributed by atoms with Gasteiger partial charge in [-0.2, -0.15) is 0 Å². The molecule has 3 atom stereocenters. The SMILES string of the molecule is CC1CC(C(=O)O)CN(C(=O)NC2CCCOc3c(F)cccc32)C1. The van der Waals surface area contributed by atoms with Crippen LogP contribution in [0.5, 0.6) is 5.75 Å². The zero-order valence-electron chi connectivity index (χ0n) is 14.2. The van der Waals surface area contributed by atoms with Crippen LogP contribution >= 0.6 is 0 Å². The van der Waals surface area contributed by atoms with E-state index in [1.807, 2.05) is 6.92 Å². The molecule has 1 aromatic rings. The van der Waals surface area contributed by atoms with Gasteiger partial charge in [-0.05, 0) is 31.2 Å². The molecule has 3 unspecified atom stereocenters. The van der Waals surface area contributed by atoms with Crippen LogP contribution < -0.4 is 10.1 Å². The molecule has 6 nitrogen and oxygen atoms in total. The Morgan fingerprint density at radius 3 is 2.92 bits per heavy atom. The number of nitrogens with one attached hydrogen (secondary N) is 1. The summed E-state index contributed by atoms with van der Waals surface area (Å²) in [6, 6.07) is 4.05. The van der Waals surface area contributed by atoms with E-state index in [-0.39, 0.29) is 30.3 Å². The highest BCUT2D eigenvalue weighted by molar-refractivity contribution is 5.77. The third kappa shape index (κ3) is 3.86. The Morgan fingerprint density at radius 1 is 1.36 bits per heavy atom. The number of amides is 2. The number of piperidine rings is 1. The van der Waals surface area contributed by atoms with E-state index >= 15 is 0 Å². The molecule has 2 heterocycles. The van der Waals surface area contributed by atoms with E-state index in [0.29, 0.717) is 38.0 Å². The molecule has 0 aliphatic carbocycles. The van der Waals surface area contributed by atoms with Gasteiger partial charge in [-0.25, -0.2) is 9.18 Å². The van der Waals surface area contributed by atoms with Crippen molar-refractivity contribution < 1.29 is 23.8 Å². The van der Waals surface area contributed by atoms with Crippen molar-refractivity contribution in [2.24, 2.45) is 11.8 Å². The fourth-order valence-electron chi connectivity index (χ4n) is 3.66. The Kier molecular flexibility index (Phi) is 5.11. The molecule has 0 bridgehead atoms. The molecule has 2 aliphatic rings. The van der Waals surface area contributed by atoms with Crippen LogP contribution in [0, 0.1) is 17.7 Å². The normalized spacial score (nSPS) is 26.2. The van der Waals surface area contributed by atoms with Gasteiger partial charge in [0.05, 0.1) is 18.6 Å². The highest BCUT2D eigenvalue weighted by atomic mass is 19.1. The number of para-hydroxylation sites is 1. The summed E-state index contributed by atoms with van der Waals surface area (Å²) in [5.74, 6) is -1.53. The second-order valence-corrected chi connectivity index (χ2v) is 6.93. The number of hydrogen-bond acceptors (Lipinski definition) is 3. The molecule has 2 N–H and O–H groups in total. The van der Waals surface area contributed by atoms with Gasteiger partial charge in [-0.15, -0.1) is 0 Å². The van der Waals surface area contributed by atoms with Crippen molar-refractivity contribution in [2.75, 3.05) is 19.7 Å². The van der Waals surface area contributed by atoms with Crippen molar-refractivity contribution >= 4 is 12.0 Å². The molecular formula is C18H23FN2O4. The minimum absolute atomic E-state index is 0.128. The van der Waals surface area contributed by atoms with Crippen molar-refractivity contribution in [3.05, 3.63) is 29.6 Å². The summed E-state index contributed by atoms with van der Waals surface area (Å²) in [7, 11) is 0. The molecule has 0 saturated carbocycles. The summed E-state index contributed by atoms with van der Waals surface area (Å²) in [6.07, 6.45) is 1.92. The third-order valence-corrected chi connectivity index (χ3v) is 4.85. The van der Waals surface area contributed by atoms with Crippen molar-refractivity contribution in [3.8, 4) is 5.75 Å². The molecule has 0 radical (unpaired) electrons. The Balaban J connectivity index is 1.74. The molecule has 1 saturated heterocycles. The van der Waals surface area contributed by atoms with Crippen LogP contribution in [0.4, 0.5) is 9.18 Å². The number of fused-ring (bicyclic) bond motifs is 1. The van der Waals surface area contributed by atoms with Gasteiger partial charge in [-0.1, -0.05) is 19.1 Å². The first kappa shape index (κ1) is 17.5. The summed E-state index contributed by atoms with van der Waals surface area (Å²) in [5, 5.41) is 12.2. The number of likely N-dealkylation sites (tertiary alicyclic amines) is 1. The maximum absolute atomic E-state index is 14.0. The number of benzene rings is 1. The number of carbonyl (C=O) groups excluding carboxylic acids is 1. The summed E-state index contributed by atoms with van der Waals surface area (Å²) in [5.41, 5.74) is 0.630. The minimum atomic E-state index is -0.875. The number of urea groups is 1. The maximum Gasteiger partial charge on any atom is 0.317 e. The molecule has 0 spiro atoms. The lowest BCUT2D eigenvalue weighted by Crippen LogP contribution is -2.50. The number of carboxylic acid groups (broad SMARTS) is 1. The van der Waals surface area contributed by atoms with Crippen molar-refractivity contribution in [1.82, 2.24) is 10.2 Å². The predicted molar refractivity (Wildman–Crippen MR) is 88.9 cm³/mol. The maximum atomic E-state index is 14.0. The lowest BCUT2D eigenvalue weighted by Gasteiger charge is -2.35. The zero-order valence-corrected chi connectivity index (χ0v) is 14.2. The van der Waals surface area contributed by atoms with Crippen molar-refractivity contribution in [2.45, 2.75) is 32.2 Å². The van der Waals surface area contributed by atoms with E-state index < -0.39 is 17.7 Å².